The molecule has 2 heterocycles. The van der Waals surface area contributed by atoms with Crippen molar-refractivity contribution in [2.45, 2.75) is 65.8 Å². The first kappa shape index (κ1) is 29.1. The van der Waals surface area contributed by atoms with Crippen molar-refractivity contribution < 1.29 is 28.2 Å². The van der Waals surface area contributed by atoms with E-state index >= 15 is 0 Å². The molecule has 0 bridgehead atoms. The highest BCUT2D eigenvalue weighted by atomic mass is 16.5. The van der Waals surface area contributed by atoms with Gasteiger partial charge in [-0.3, -0.25) is 4.79 Å². The van der Waals surface area contributed by atoms with Crippen LogP contribution in [0.5, 0.6) is 23.0 Å². The number of hydrogen-bond acceptors (Lipinski definition) is 5. The van der Waals surface area contributed by atoms with Crippen molar-refractivity contribution >= 4 is 5.91 Å². The SMILES string of the molecule is CCOc1ccc(CC2c3cc(OCC)c(OCC)cc3CCN2C(=O)C[N+]2(C)CCCCC2)cc1OCC. The van der Waals surface area contributed by atoms with Gasteiger partial charge in [0, 0.05) is 6.54 Å². The summed E-state index contributed by atoms with van der Waals surface area (Å²) in [5.74, 6) is 3.26. The normalized spacial score (nSPS) is 18.3. The van der Waals surface area contributed by atoms with Crippen molar-refractivity contribution in [2.75, 3.05) is 59.7 Å². The molecule has 2 aliphatic heterocycles. The van der Waals surface area contributed by atoms with E-state index < -0.39 is 0 Å². The Morgan fingerprint density at radius 1 is 0.821 bits per heavy atom. The molecule has 1 atom stereocenters. The van der Waals surface area contributed by atoms with Crippen LogP contribution < -0.4 is 18.9 Å². The number of piperidine rings is 1. The average molecular weight is 540 g/mol. The van der Waals surface area contributed by atoms with Crippen molar-refractivity contribution in [1.29, 1.82) is 0 Å². The van der Waals surface area contributed by atoms with Crippen LogP contribution in [0.1, 0.15) is 69.7 Å². The smallest absolute Gasteiger partial charge is 0.278 e. The van der Waals surface area contributed by atoms with Crippen LogP contribution in [0.15, 0.2) is 30.3 Å². The molecule has 2 aromatic rings. The minimum absolute atomic E-state index is 0.0973. The molecule has 0 aromatic heterocycles. The fraction of sp³-hybridized carbons (Fsp3) is 0.594. The molecule has 39 heavy (non-hydrogen) atoms. The lowest BCUT2D eigenvalue weighted by molar-refractivity contribution is -0.906. The summed E-state index contributed by atoms with van der Waals surface area (Å²) in [4.78, 5) is 16.1. The van der Waals surface area contributed by atoms with Crippen LogP contribution >= 0.6 is 0 Å². The number of rotatable bonds is 12. The predicted octanol–water partition coefficient (Wildman–Crippen LogP) is 5.58. The number of nitrogens with zero attached hydrogens (tertiary/aromatic N) is 2. The number of carbonyl (C=O) groups is 1. The highest BCUT2D eigenvalue weighted by molar-refractivity contribution is 5.78. The Labute approximate surface area is 234 Å². The Morgan fingerprint density at radius 2 is 1.41 bits per heavy atom. The first-order valence-electron chi connectivity index (χ1n) is 14.8. The second-order valence-electron chi connectivity index (χ2n) is 10.9. The van der Waals surface area contributed by atoms with Gasteiger partial charge in [0.25, 0.3) is 5.91 Å². The van der Waals surface area contributed by atoms with Crippen LogP contribution in [-0.2, 0) is 17.6 Å². The second kappa shape index (κ2) is 13.4. The molecular formula is C32H47N2O5+. The lowest BCUT2D eigenvalue weighted by atomic mass is 9.87. The van der Waals surface area contributed by atoms with Gasteiger partial charge in [-0.15, -0.1) is 0 Å². The van der Waals surface area contributed by atoms with E-state index in [1.54, 1.807) is 0 Å². The van der Waals surface area contributed by atoms with E-state index in [2.05, 4.69) is 36.2 Å². The molecule has 1 fully saturated rings. The maximum absolute atomic E-state index is 14.0. The van der Waals surface area contributed by atoms with Crippen LogP contribution in [0.4, 0.5) is 0 Å². The number of hydrogen-bond donors (Lipinski definition) is 0. The van der Waals surface area contributed by atoms with Gasteiger partial charge in [0.05, 0.1) is 52.6 Å². The number of ether oxygens (including phenoxy) is 4. The highest BCUT2D eigenvalue weighted by Crippen LogP contribution is 2.41. The van der Waals surface area contributed by atoms with Crippen molar-refractivity contribution in [2.24, 2.45) is 0 Å². The van der Waals surface area contributed by atoms with Gasteiger partial charge < -0.3 is 28.3 Å². The fourth-order valence-corrected chi connectivity index (χ4v) is 6.06. The first-order valence-corrected chi connectivity index (χ1v) is 14.8. The van der Waals surface area contributed by atoms with Gasteiger partial charge >= 0.3 is 0 Å². The number of amides is 1. The van der Waals surface area contributed by atoms with Gasteiger partial charge in [0.1, 0.15) is 0 Å². The Hall–Kier alpha value is -2.93. The molecule has 0 aliphatic carbocycles. The molecule has 2 aromatic carbocycles. The molecule has 7 heteroatoms. The Morgan fingerprint density at radius 3 is 2.05 bits per heavy atom. The van der Waals surface area contributed by atoms with Crippen LogP contribution in [-0.4, -0.2) is 74.9 Å². The molecule has 7 nitrogen and oxygen atoms in total. The third-order valence-electron chi connectivity index (χ3n) is 7.93. The number of quaternary nitrogens is 1. The standard InChI is InChI=1S/C32H47N2O5/c1-6-36-28-14-13-24(20-29(28)37-7-2)19-27-26-22-31(39-9-4)30(38-8-3)21-25(26)15-16-33(27)32(35)23-34(5)17-11-10-12-18-34/h13-14,20-22,27H,6-12,15-19,23H2,1-5H3/q+1. The summed E-state index contributed by atoms with van der Waals surface area (Å²) in [6.45, 7) is 13.6. The van der Waals surface area contributed by atoms with Crippen molar-refractivity contribution in [1.82, 2.24) is 4.90 Å². The summed E-state index contributed by atoms with van der Waals surface area (Å²) in [7, 11) is 2.24. The van der Waals surface area contributed by atoms with Gasteiger partial charge in [-0.2, -0.15) is 0 Å². The number of fused-ring (bicyclic) bond motifs is 1. The monoisotopic (exact) mass is 539 g/mol. The maximum atomic E-state index is 14.0. The largest absolute Gasteiger partial charge is 0.490 e. The summed E-state index contributed by atoms with van der Waals surface area (Å²) >= 11 is 0. The highest BCUT2D eigenvalue weighted by Gasteiger charge is 2.36. The minimum atomic E-state index is -0.0973. The van der Waals surface area contributed by atoms with E-state index in [0.717, 1.165) is 58.1 Å². The average Bonchev–Trinajstić information content (AvgIpc) is 2.91. The topological polar surface area (TPSA) is 57.2 Å². The number of benzene rings is 2. The van der Waals surface area contributed by atoms with Crippen molar-refractivity contribution in [3.8, 4) is 23.0 Å². The molecule has 1 saturated heterocycles. The summed E-state index contributed by atoms with van der Waals surface area (Å²) in [6.07, 6.45) is 5.15. The molecule has 214 valence electrons. The molecule has 0 spiro atoms. The van der Waals surface area contributed by atoms with Crippen LogP contribution in [0.3, 0.4) is 0 Å². The third-order valence-corrected chi connectivity index (χ3v) is 7.93. The van der Waals surface area contributed by atoms with E-state index in [0.29, 0.717) is 45.9 Å². The molecule has 4 rings (SSSR count). The van der Waals surface area contributed by atoms with E-state index in [9.17, 15) is 4.79 Å². The van der Waals surface area contributed by atoms with E-state index in [4.69, 9.17) is 18.9 Å². The molecule has 1 unspecified atom stereocenters. The summed E-state index contributed by atoms with van der Waals surface area (Å²) in [5.41, 5.74) is 3.49. The van der Waals surface area contributed by atoms with Crippen LogP contribution in [0.2, 0.25) is 0 Å². The van der Waals surface area contributed by atoms with Gasteiger partial charge in [-0.05, 0) is 101 Å². The van der Waals surface area contributed by atoms with Gasteiger partial charge in [0.2, 0.25) is 0 Å². The Balaban J connectivity index is 1.71. The number of likely N-dealkylation sites (N-methyl/N-ethyl adjacent to an activating group) is 1. The van der Waals surface area contributed by atoms with Gasteiger partial charge in [-0.25, -0.2) is 0 Å². The van der Waals surface area contributed by atoms with Crippen molar-refractivity contribution in [3.63, 3.8) is 0 Å². The molecule has 2 aliphatic rings. The summed E-state index contributed by atoms with van der Waals surface area (Å²) in [5, 5.41) is 0. The molecule has 0 radical (unpaired) electrons. The quantitative estimate of drug-likeness (QED) is 0.330. The third kappa shape index (κ3) is 6.99. The van der Waals surface area contributed by atoms with E-state index in [-0.39, 0.29) is 11.9 Å². The lowest BCUT2D eigenvalue weighted by Gasteiger charge is -2.42. The zero-order valence-electron chi connectivity index (χ0n) is 24.6. The minimum Gasteiger partial charge on any atom is -0.490 e. The van der Waals surface area contributed by atoms with Crippen LogP contribution in [0.25, 0.3) is 0 Å². The number of carbonyl (C=O) groups excluding carboxylic acids is 1. The molecule has 0 saturated carbocycles. The maximum Gasteiger partial charge on any atom is 0.278 e. The summed E-state index contributed by atoms with van der Waals surface area (Å²) in [6, 6.07) is 10.3. The fourth-order valence-electron chi connectivity index (χ4n) is 6.06. The van der Waals surface area contributed by atoms with Crippen molar-refractivity contribution in [3.05, 3.63) is 47.0 Å². The van der Waals surface area contributed by atoms with E-state index in [1.165, 1.54) is 24.8 Å². The van der Waals surface area contributed by atoms with Gasteiger partial charge in [0.15, 0.2) is 29.5 Å². The van der Waals surface area contributed by atoms with E-state index in [1.807, 2.05) is 33.8 Å². The first-order chi connectivity index (χ1) is 18.9. The predicted molar refractivity (Wildman–Crippen MR) is 154 cm³/mol. The van der Waals surface area contributed by atoms with Gasteiger partial charge in [-0.1, -0.05) is 6.07 Å². The molecular weight excluding hydrogens is 492 g/mol. The Bertz CT molecular complexity index is 1110. The number of likely N-dealkylation sites (tertiary alicyclic amines) is 1. The molecule has 0 N–H and O–H groups in total. The second-order valence-corrected chi connectivity index (χ2v) is 10.9. The lowest BCUT2D eigenvalue weighted by Crippen LogP contribution is -2.55. The molecule has 1 amide bonds. The zero-order valence-corrected chi connectivity index (χ0v) is 24.6. The van der Waals surface area contributed by atoms with Crippen LogP contribution in [0, 0.1) is 0 Å². The Kier molecular flexibility index (Phi) is 10.0. The summed E-state index contributed by atoms with van der Waals surface area (Å²) < 4.78 is 24.5. The zero-order chi connectivity index (χ0) is 27.8.